The molecular weight excluding hydrogens is 162 g/mol. The van der Waals surface area contributed by atoms with E-state index in [0.29, 0.717) is 10.5 Å². The molecule has 0 unspecified atom stereocenters. The van der Waals surface area contributed by atoms with Gasteiger partial charge in [-0.2, -0.15) is 0 Å². The molecule has 0 spiro atoms. The first kappa shape index (κ1) is 8.03. The van der Waals surface area contributed by atoms with Gasteiger partial charge in [-0.3, -0.25) is 0 Å². The van der Waals surface area contributed by atoms with Crippen LogP contribution in [0.25, 0.3) is 0 Å². The fourth-order valence-corrected chi connectivity index (χ4v) is 1.32. The fraction of sp³-hybridized carbons (Fsp3) is 0.143. The number of hydrogen-bond donors (Lipinski definition) is 0. The molecule has 0 aliphatic rings. The van der Waals surface area contributed by atoms with Crippen molar-refractivity contribution in [3.8, 4) is 0 Å². The first-order valence-electron chi connectivity index (χ1n) is 2.83. The number of thioether (sulfide) groups is 1. The molecule has 0 bridgehead atoms. The zero-order valence-corrected chi connectivity index (χ0v) is 7.17. The summed E-state index contributed by atoms with van der Waals surface area (Å²) in [5.41, 5.74) is 0.638. The minimum absolute atomic E-state index is 0.631. The highest BCUT2D eigenvalue weighted by molar-refractivity contribution is 7.98. The lowest BCUT2D eigenvalue weighted by atomic mass is 9.97. The Morgan fingerprint density at radius 1 is 1.50 bits per heavy atom. The average molecular weight is 168 g/mol. The molecule has 0 saturated heterocycles. The Labute approximate surface area is 71.4 Å². The monoisotopic (exact) mass is 168 g/mol. The molecule has 0 nitrogen and oxygen atoms in total. The first-order valence-corrected chi connectivity index (χ1v) is 4.43. The van der Waals surface area contributed by atoms with Crippen molar-refractivity contribution in [3.05, 3.63) is 23.2 Å². The summed E-state index contributed by atoms with van der Waals surface area (Å²) in [5.74, 6) is 0. The molecule has 2 radical (unpaired) electrons. The molecule has 0 heterocycles. The summed E-state index contributed by atoms with van der Waals surface area (Å²) in [5, 5.41) is 0.631. The normalized spacial score (nSPS) is 9.80. The highest BCUT2D eigenvalue weighted by atomic mass is 35.5. The summed E-state index contributed by atoms with van der Waals surface area (Å²) < 4.78 is 0. The molecule has 0 aliphatic heterocycles. The standard InChI is InChI=1S/C7H6BClS/c1-10-5-2-3-6(8)7(9)4-5/h2-4H,1H3. The molecule has 0 aliphatic carbocycles. The van der Waals surface area contributed by atoms with Crippen LogP contribution in [0.2, 0.25) is 5.02 Å². The summed E-state index contributed by atoms with van der Waals surface area (Å²) in [6.45, 7) is 0. The van der Waals surface area contributed by atoms with Crippen LogP contribution >= 0.6 is 23.4 Å². The molecule has 1 aromatic carbocycles. The predicted octanol–water partition coefficient (Wildman–Crippen LogP) is 1.86. The summed E-state index contributed by atoms with van der Waals surface area (Å²) in [4.78, 5) is 1.14. The highest BCUT2D eigenvalue weighted by Crippen LogP contribution is 2.16. The Morgan fingerprint density at radius 2 is 2.20 bits per heavy atom. The van der Waals surface area contributed by atoms with Crippen LogP contribution < -0.4 is 5.46 Å². The van der Waals surface area contributed by atoms with E-state index in [9.17, 15) is 0 Å². The van der Waals surface area contributed by atoms with Gasteiger partial charge in [0.25, 0.3) is 0 Å². The summed E-state index contributed by atoms with van der Waals surface area (Å²) in [6, 6.07) is 5.63. The van der Waals surface area contributed by atoms with Gasteiger partial charge in [-0.1, -0.05) is 23.1 Å². The van der Waals surface area contributed by atoms with Crippen molar-refractivity contribution >= 4 is 36.7 Å². The minimum atomic E-state index is 0.631. The van der Waals surface area contributed by atoms with Gasteiger partial charge in [-0.25, -0.2) is 0 Å². The van der Waals surface area contributed by atoms with Crippen LogP contribution in [0.3, 0.4) is 0 Å². The summed E-state index contributed by atoms with van der Waals surface area (Å²) in [7, 11) is 5.50. The summed E-state index contributed by atoms with van der Waals surface area (Å²) >= 11 is 7.41. The Morgan fingerprint density at radius 3 is 2.70 bits per heavy atom. The van der Waals surface area contributed by atoms with Crippen molar-refractivity contribution in [1.29, 1.82) is 0 Å². The zero-order chi connectivity index (χ0) is 7.56. The third-order valence-electron chi connectivity index (χ3n) is 1.21. The second kappa shape index (κ2) is 3.36. The first-order chi connectivity index (χ1) is 4.74. The van der Waals surface area contributed by atoms with E-state index < -0.39 is 0 Å². The van der Waals surface area contributed by atoms with E-state index in [4.69, 9.17) is 19.4 Å². The molecule has 3 heteroatoms. The molecule has 0 fully saturated rings. The molecule has 1 rings (SSSR count). The molecule has 0 saturated carbocycles. The lowest BCUT2D eigenvalue weighted by Gasteiger charge is -1.99. The van der Waals surface area contributed by atoms with Gasteiger partial charge in [0.2, 0.25) is 0 Å². The summed E-state index contributed by atoms with van der Waals surface area (Å²) in [6.07, 6.45) is 2.00. The number of rotatable bonds is 1. The van der Waals surface area contributed by atoms with E-state index in [2.05, 4.69) is 0 Å². The van der Waals surface area contributed by atoms with E-state index in [-0.39, 0.29) is 0 Å². The maximum absolute atomic E-state index is 5.75. The molecule has 50 valence electrons. The molecule has 0 N–H and O–H groups in total. The van der Waals surface area contributed by atoms with E-state index >= 15 is 0 Å². The van der Waals surface area contributed by atoms with Crippen LogP contribution in [-0.4, -0.2) is 14.1 Å². The van der Waals surface area contributed by atoms with Crippen molar-refractivity contribution in [1.82, 2.24) is 0 Å². The lowest BCUT2D eigenvalue weighted by Crippen LogP contribution is -2.02. The second-order valence-corrected chi connectivity index (χ2v) is 3.17. The van der Waals surface area contributed by atoms with Gasteiger partial charge in [-0.15, -0.1) is 11.8 Å². The van der Waals surface area contributed by atoms with E-state index in [1.165, 1.54) is 0 Å². The van der Waals surface area contributed by atoms with Gasteiger partial charge in [0, 0.05) is 9.92 Å². The maximum atomic E-state index is 5.75. The second-order valence-electron chi connectivity index (χ2n) is 1.89. The SMILES string of the molecule is [B]c1ccc(SC)cc1Cl. The third kappa shape index (κ3) is 1.71. The average Bonchev–Trinajstić information content (AvgIpc) is 1.95. The van der Waals surface area contributed by atoms with Crippen LogP contribution in [0, 0.1) is 0 Å². The largest absolute Gasteiger partial charge is 0.130 e. The van der Waals surface area contributed by atoms with Crippen molar-refractivity contribution in [2.75, 3.05) is 6.26 Å². The Balaban J connectivity index is 3.04. The Hall–Kier alpha value is -0.0751. The van der Waals surface area contributed by atoms with Crippen LogP contribution in [0.5, 0.6) is 0 Å². The topological polar surface area (TPSA) is 0 Å². The van der Waals surface area contributed by atoms with Gasteiger partial charge in [0.05, 0.1) is 0 Å². The van der Waals surface area contributed by atoms with Crippen molar-refractivity contribution in [3.63, 3.8) is 0 Å². The van der Waals surface area contributed by atoms with Gasteiger partial charge in [-0.05, 0) is 18.4 Å². The Kier molecular flexibility index (Phi) is 2.69. The maximum Gasteiger partial charge on any atom is 0.115 e. The van der Waals surface area contributed by atoms with Crippen molar-refractivity contribution in [2.45, 2.75) is 4.90 Å². The van der Waals surface area contributed by atoms with Gasteiger partial charge in [0.15, 0.2) is 0 Å². The number of hydrogen-bond acceptors (Lipinski definition) is 1. The third-order valence-corrected chi connectivity index (χ3v) is 2.26. The Bertz CT molecular complexity index is 237. The number of benzene rings is 1. The smallest absolute Gasteiger partial charge is 0.115 e. The van der Waals surface area contributed by atoms with Crippen LogP contribution in [0.4, 0.5) is 0 Å². The molecule has 1 aromatic rings. The highest BCUT2D eigenvalue weighted by Gasteiger charge is 1.94. The molecule has 0 aromatic heterocycles. The molecule has 0 amide bonds. The van der Waals surface area contributed by atoms with Crippen molar-refractivity contribution in [2.24, 2.45) is 0 Å². The molecule has 10 heavy (non-hydrogen) atoms. The number of halogens is 1. The lowest BCUT2D eigenvalue weighted by molar-refractivity contribution is 1.49. The van der Waals surface area contributed by atoms with Gasteiger partial charge >= 0.3 is 0 Å². The van der Waals surface area contributed by atoms with Crippen molar-refractivity contribution < 1.29 is 0 Å². The van der Waals surface area contributed by atoms with Crippen LogP contribution in [-0.2, 0) is 0 Å². The van der Waals surface area contributed by atoms with Gasteiger partial charge in [0.1, 0.15) is 7.85 Å². The van der Waals surface area contributed by atoms with Crippen LogP contribution in [0.1, 0.15) is 0 Å². The fourth-order valence-electron chi connectivity index (χ4n) is 0.635. The van der Waals surface area contributed by atoms with E-state index in [0.717, 1.165) is 4.90 Å². The van der Waals surface area contributed by atoms with E-state index in [1.54, 1.807) is 11.8 Å². The molecular formula is C7H6BClS. The van der Waals surface area contributed by atoms with Gasteiger partial charge < -0.3 is 0 Å². The minimum Gasteiger partial charge on any atom is -0.130 e. The molecule has 0 atom stereocenters. The predicted molar refractivity (Wildman–Crippen MR) is 48.6 cm³/mol. The van der Waals surface area contributed by atoms with Crippen LogP contribution in [0.15, 0.2) is 23.1 Å². The quantitative estimate of drug-likeness (QED) is 0.456. The van der Waals surface area contributed by atoms with E-state index in [1.807, 2.05) is 24.5 Å². The zero-order valence-electron chi connectivity index (χ0n) is 5.60.